The van der Waals surface area contributed by atoms with E-state index in [1.165, 1.54) is 12.8 Å². The largest absolute Gasteiger partial charge is 0.383 e. The molecule has 1 aromatic carbocycles. The molecule has 1 fully saturated rings. The van der Waals surface area contributed by atoms with E-state index in [4.69, 9.17) is 0 Å². The lowest BCUT2D eigenvalue weighted by Crippen LogP contribution is -2.21. The van der Waals surface area contributed by atoms with Crippen LogP contribution in [-0.2, 0) is 0 Å². The molecule has 1 aliphatic carbocycles. The first-order valence-corrected chi connectivity index (χ1v) is 7.66. The van der Waals surface area contributed by atoms with Crippen molar-refractivity contribution in [3.8, 4) is 6.07 Å². The van der Waals surface area contributed by atoms with Crippen LogP contribution >= 0.6 is 11.8 Å². The first-order chi connectivity index (χ1) is 8.63. The topological polar surface area (TPSA) is 35.8 Å². The van der Waals surface area contributed by atoms with Gasteiger partial charge in [0.1, 0.15) is 6.07 Å². The quantitative estimate of drug-likeness (QED) is 0.809. The van der Waals surface area contributed by atoms with Crippen molar-refractivity contribution in [1.29, 1.82) is 5.26 Å². The Balaban J connectivity index is 2.13. The zero-order valence-electron chi connectivity index (χ0n) is 11.3. The molecule has 3 heteroatoms. The molecule has 2 nitrogen and oxygen atoms in total. The smallest absolute Gasteiger partial charge is 0.102 e. The standard InChI is InChI=1S/C15H20N2S/c1-11(2)15(7-8-15)10-17-13-5-4-6-14(18-3)12(13)9-16/h4-6,11,17H,7-8,10H2,1-3H3. The number of hydrogen-bond acceptors (Lipinski definition) is 3. The molecule has 1 saturated carbocycles. The van der Waals surface area contributed by atoms with E-state index in [-0.39, 0.29) is 0 Å². The zero-order chi connectivity index (χ0) is 13.2. The van der Waals surface area contributed by atoms with Crippen LogP contribution in [-0.4, -0.2) is 12.8 Å². The number of thioether (sulfide) groups is 1. The molecule has 0 heterocycles. The van der Waals surface area contributed by atoms with Crippen LogP contribution in [0.4, 0.5) is 5.69 Å². The second kappa shape index (κ2) is 5.24. The minimum atomic E-state index is 0.460. The third-order valence-electron chi connectivity index (χ3n) is 4.11. The van der Waals surface area contributed by atoms with Crippen molar-refractivity contribution in [3.05, 3.63) is 23.8 Å². The van der Waals surface area contributed by atoms with Gasteiger partial charge in [-0.15, -0.1) is 11.8 Å². The summed E-state index contributed by atoms with van der Waals surface area (Å²) in [6, 6.07) is 8.35. The molecule has 0 unspecified atom stereocenters. The first-order valence-electron chi connectivity index (χ1n) is 6.44. The van der Waals surface area contributed by atoms with Crippen LogP contribution in [0.15, 0.2) is 23.1 Å². The van der Waals surface area contributed by atoms with E-state index in [2.05, 4.69) is 25.2 Å². The molecular weight excluding hydrogens is 240 g/mol. The van der Waals surface area contributed by atoms with Crippen molar-refractivity contribution in [2.75, 3.05) is 18.1 Å². The van der Waals surface area contributed by atoms with Gasteiger partial charge in [0.05, 0.1) is 11.3 Å². The fraction of sp³-hybridized carbons (Fsp3) is 0.533. The van der Waals surface area contributed by atoms with Gasteiger partial charge >= 0.3 is 0 Å². The number of nitriles is 1. The van der Waals surface area contributed by atoms with Gasteiger partial charge in [0.2, 0.25) is 0 Å². The van der Waals surface area contributed by atoms with Gasteiger partial charge in [-0.3, -0.25) is 0 Å². The number of nitrogens with zero attached hydrogens (tertiary/aromatic N) is 1. The number of anilines is 1. The van der Waals surface area contributed by atoms with Crippen molar-refractivity contribution in [2.45, 2.75) is 31.6 Å². The van der Waals surface area contributed by atoms with Crippen LogP contribution in [0.2, 0.25) is 0 Å². The second-order valence-corrected chi connectivity index (χ2v) is 6.21. The van der Waals surface area contributed by atoms with Gasteiger partial charge in [0.15, 0.2) is 0 Å². The number of nitrogens with one attached hydrogen (secondary N) is 1. The highest BCUT2D eigenvalue weighted by Crippen LogP contribution is 2.51. The number of rotatable bonds is 5. The summed E-state index contributed by atoms with van der Waals surface area (Å²) in [5.41, 5.74) is 2.23. The molecule has 0 aromatic heterocycles. The molecule has 0 aliphatic heterocycles. The molecule has 2 rings (SSSR count). The summed E-state index contributed by atoms with van der Waals surface area (Å²) >= 11 is 1.63. The molecule has 1 N–H and O–H groups in total. The van der Waals surface area contributed by atoms with Crippen LogP contribution in [0, 0.1) is 22.7 Å². The molecule has 0 bridgehead atoms. The van der Waals surface area contributed by atoms with Crippen molar-refractivity contribution < 1.29 is 0 Å². The molecule has 0 amide bonds. The van der Waals surface area contributed by atoms with E-state index in [1.54, 1.807) is 11.8 Å². The van der Waals surface area contributed by atoms with Gasteiger partial charge in [-0.05, 0) is 42.6 Å². The maximum Gasteiger partial charge on any atom is 0.102 e. The van der Waals surface area contributed by atoms with Crippen LogP contribution < -0.4 is 5.32 Å². The predicted octanol–water partition coefficient (Wildman–Crippen LogP) is 4.13. The third-order valence-corrected chi connectivity index (χ3v) is 4.89. The molecule has 0 spiro atoms. The fourth-order valence-corrected chi connectivity index (χ4v) is 2.93. The maximum absolute atomic E-state index is 9.28. The fourth-order valence-electron chi connectivity index (χ4n) is 2.35. The van der Waals surface area contributed by atoms with Gasteiger partial charge < -0.3 is 5.32 Å². The van der Waals surface area contributed by atoms with Crippen LogP contribution in [0.3, 0.4) is 0 Å². The van der Waals surface area contributed by atoms with Crippen molar-refractivity contribution >= 4 is 17.4 Å². The predicted molar refractivity (Wildman–Crippen MR) is 77.9 cm³/mol. The number of hydrogen-bond donors (Lipinski definition) is 1. The Morgan fingerprint density at radius 1 is 1.44 bits per heavy atom. The average molecular weight is 260 g/mol. The Kier molecular flexibility index (Phi) is 3.87. The second-order valence-electron chi connectivity index (χ2n) is 5.37. The summed E-state index contributed by atoms with van der Waals surface area (Å²) in [5.74, 6) is 0.708. The highest BCUT2D eigenvalue weighted by Gasteiger charge is 2.44. The van der Waals surface area contributed by atoms with Gasteiger partial charge in [-0.1, -0.05) is 19.9 Å². The van der Waals surface area contributed by atoms with Gasteiger partial charge in [-0.2, -0.15) is 5.26 Å². The van der Waals surface area contributed by atoms with E-state index in [1.807, 2.05) is 24.5 Å². The van der Waals surface area contributed by atoms with Crippen molar-refractivity contribution in [1.82, 2.24) is 0 Å². The van der Waals surface area contributed by atoms with Crippen molar-refractivity contribution in [3.63, 3.8) is 0 Å². The third kappa shape index (κ3) is 2.49. The molecule has 1 aliphatic rings. The summed E-state index contributed by atoms with van der Waals surface area (Å²) in [6.45, 7) is 5.56. The molecular formula is C15H20N2S. The normalized spacial score (nSPS) is 16.4. The van der Waals surface area contributed by atoms with E-state index < -0.39 is 0 Å². The summed E-state index contributed by atoms with van der Waals surface area (Å²) in [7, 11) is 0. The minimum Gasteiger partial charge on any atom is -0.383 e. The molecule has 18 heavy (non-hydrogen) atoms. The lowest BCUT2D eigenvalue weighted by Gasteiger charge is -2.21. The summed E-state index contributed by atoms with van der Waals surface area (Å²) in [4.78, 5) is 1.05. The lowest BCUT2D eigenvalue weighted by molar-refractivity contribution is 0.380. The Labute approximate surface area is 114 Å². The molecule has 0 atom stereocenters. The summed E-state index contributed by atoms with van der Waals surface area (Å²) in [5, 5.41) is 12.8. The van der Waals surface area contributed by atoms with E-state index in [0.717, 1.165) is 22.7 Å². The first kappa shape index (κ1) is 13.3. The SMILES string of the molecule is CSc1cccc(NCC2(C(C)C)CC2)c1C#N. The van der Waals surface area contributed by atoms with Gasteiger partial charge in [-0.25, -0.2) is 0 Å². The Hall–Kier alpha value is -1.14. The lowest BCUT2D eigenvalue weighted by atomic mass is 9.92. The highest BCUT2D eigenvalue weighted by atomic mass is 32.2. The van der Waals surface area contributed by atoms with Gasteiger partial charge in [0, 0.05) is 11.4 Å². The van der Waals surface area contributed by atoms with E-state index in [9.17, 15) is 5.26 Å². The maximum atomic E-state index is 9.28. The van der Waals surface area contributed by atoms with E-state index in [0.29, 0.717) is 11.3 Å². The minimum absolute atomic E-state index is 0.460. The monoisotopic (exact) mass is 260 g/mol. The Bertz CT molecular complexity index is 470. The van der Waals surface area contributed by atoms with Crippen LogP contribution in [0.25, 0.3) is 0 Å². The molecule has 0 radical (unpaired) electrons. The molecule has 1 aromatic rings. The summed E-state index contributed by atoms with van der Waals surface area (Å²) < 4.78 is 0. The molecule has 0 saturated heterocycles. The highest BCUT2D eigenvalue weighted by molar-refractivity contribution is 7.98. The number of benzene rings is 1. The van der Waals surface area contributed by atoms with E-state index >= 15 is 0 Å². The zero-order valence-corrected chi connectivity index (χ0v) is 12.1. The Morgan fingerprint density at radius 3 is 2.67 bits per heavy atom. The molecule has 96 valence electrons. The Morgan fingerprint density at radius 2 is 2.17 bits per heavy atom. The summed E-state index contributed by atoms with van der Waals surface area (Å²) in [6.07, 6.45) is 4.62. The van der Waals surface area contributed by atoms with Crippen molar-refractivity contribution in [2.24, 2.45) is 11.3 Å². The van der Waals surface area contributed by atoms with Crippen LogP contribution in [0.1, 0.15) is 32.3 Å². The van der Waals surface area contributed by atoms with Gasteiger partial charge in [0.25, 0.3) is 0 Å². The average Bonchev–Trinajstić information content (AvgIpc) is 3.16. The van der Waals surface area contributed by atoms with Crippen LogP contribution in [0.5, 0.6) is 0 Å².